The molecule has 7 rings (SSSR count). The molecule has 2 unspecified atom stereocenters. The third-order valence-electron chi connectivity index (χ3n) is 11.1. The molecule has 6 aromatic rings. The Kier molecular flexibility index (Phi) is 23.2. The molecule has 1 saturated carbocycles. The molecule has 0 aromatic heterocycles. The molecule has 0 bridgehead atoms. The summed E-state index contributed by atoms with van der Waals surface area (Å²) in [6, 6.07) is 41.5. The summed E-state index contributed by atoms with van der Waals surface area (Å²) >= 11 is 1.36. The summed E-state index contributed by atoms with van der Waals surface area (Å²) in [5, 5.41) is 5.54. The summed E-state index contributed by atoms with van der Waals surface area (Å²) in [7, 11) is 0. The summed E-state index contributed by atoms with van der Waals surface area (Å²) in [5.74, 6) is 2.09. The van der Waals surface area contributed by atoms with Crippen molar-refractivity contribution in [3.8, 4) is 22.3 Å². The van der Waals surface area contributed by atoms with Crippen molar-refractivity contribution < 1.29 is 23.3 Å². The number of fused-ring (bicyclic) bond motifs is 2. The van der Waals surface area contributed by atoms with Crippen LogP contribution in [-0.4, -0.2) is 6.88 Å². The van der Waals surface area contributed by atoms with Crippen molar-refractivity contribution in [2.45, 2.75) is 117 Å². The minimum absolute atomic E-state index is 0. The predicted molar refractivity (Wildman–Crippen MR) is 245 cm³/mol. The molecular weight excluding hydrogens is 791 g/mol. The van der Waals surface area contributed by atoms with E-state index >= 15 is 0 Å². The predicted octanol–water partition coefficient (Wildman–Crippen LogP) is 16.2. The van der Waals surface area contributed by atoms with Crippen LogP contribution in [0.1, 0.15) is 132 Å². The van der Waals surface area contributed by atoms with E-state index in [-0.39, 0.29) is 39.7 Å². The Morgan fingerprint density at radius 2 is 1.13 bits per heavy atom. The standard InChI is InChI=1S/C26H31.C22H25.2CH3.2ClH.Si.Zr/c1-3-8-19(2)24-17-23-11-7-12-25(26(23)18-24)22-15-13-21(14-16-22)20-9-5-4-6-10-20;1-4-7-16(3)18-10-12-19(13-11-18)21-9-6-8-20-14-17(5-2)15-22(20)21;;;;;;/h7,11-20H,3-6,8-10H2,1-2H3;6,8-16H,4-5,7H2,1-3H3;2*1H3;2*1H;;/q4*-1;;;;. The van der Waals surface area contributed by atoms with Gasteiger partial charge < -0.3 is 14.9 Å². The zero-order valence-corrected chi connectivity index (χ0v) is 39.1. The van der Waals surface area contributed by atoms with Gasteiger partial charge in [-0.15, -0.1) is 93.9 Å². The maximum atomic E-state index is 3.06. The maximum absolute atomic E-state index is 3.06. The summed E-state index contributed by atoms with van der Waals surface area (Å²) in [4.78, 5) is 0. The molecule has 2 atom stereocenters. The van der Waals surface area contributed by atoms with Crippen LogP contribution in [0.4, 0.5) is 0 Å². The van der Waals surface area contributed by atoms with E-state index in [1.807, 2.05) is 0 Å². The first-order valence-corrected chi connectivity index (χ1v) is 23.5. The van der Waals surface area contributed by atoms with Crippen LogP contribution in [0.25, 0.3) is 43.8 Å². The van der Waals surface area contributed by atoms with Gasteiger partial charge in [-0.25, -0.2) is 0 Å². The number of hydrogen-bond acceptors (Lipinski definition) is 0. The quantitative estimate of drug-likeness (QED) is 0.0951. The fraction of sp³-hybridized carbons (Fsp3) is 0.360. The van der Waals surface area contributed by atoms with E-state index in [1.165, 1.54) is 142 Å². The van der Waals surface area contributed by atoms with Gasteiger partial charge in [0.05, 0.1) is 0 Å². The first-order valence-electron chi connectivity index (χ1n) is 19.3. The van der Waals surface area contributed by atoms with Gasteiger partial charge in [0.1, 0.15) is 0 Å². The van der Waals surface area contributed by atoms with Crippen LogP contribution in [0.5, 0.6) is 0 Å². The molecule has 0 saturated heterocycles. The van der Waals surface area contributed by atoms with Crippen LogP contribution < -0.4 is 0 Å². The number of hydrogen-bond donors (Lipinski definition) is 0. The Morgan fingerprint density at radius 1 is 0.630 bits per heavy atom. The molecule has 1 fully saturated rings. The average molecular weight is 855 g/mol. The summed E-state index contributed by atoms with van der Waals surface area (Å²) < 4.78 is 0. The fourth-order valence-corrected chi connectivity index (χ4v) is 8.11. The van der Waals surface area contributed by atoms with Crippen molar-refractivity contribution in [1.29, 1.82) is 0 Å². The van der Waals surface area contributed by atoms with E-state index in [0.717, 1.165) is 12.3 Å². The Labute approximate surface area is 359 Å². The van der Waals surface area contributed by atoms with Gasteiger partial charge in [-0.1, -0.05) is 139 Å². The Hall–Kier alpha value is -2.22. The molecule has 0 nitrogen and oxygen atoms in total. The van der Waals surface area contributed by atoms with E-state index in [1.54, 1.807) is 5.56 Å². The van der Waals surface area contributed by atoms with Crippen molar-refractivity contribution in [3.63, 3.8) is 0 Å². The molecule has 0 heterocycles. The van der Waals surface area contributed by atoms with Gasteiger partial charge in [0.2, 0.25) is 0 Å². The minimum atomic E-state index is 0. The van der Waals surface area contributed by atoms with Gasteiger partial charge in [-0.2, -0.15) is 12.1 Å². The van der Waals surface area contributed by atoms with Crippen molar-refractivity contribution in [1.82, 2.24) is 0 Å². The zero-order valence-electron chi connectivity index (χ0n) is 34.0. The van der Waals surface area contributed by atoms with E-state index in [4.69, 9.17) is 0 Å². The molecule has 1 aliphatic carbocycles. The van der Waals surface area contributed by atoms with Crippen molar-refractivity contribution >= 4 is 53.2 Å². The Morgan fingerprint density at radius 3 is 1.67 bits per heavy atom. The first kappa shape index (κ1) is 49.8. The number of aryl methyl sites for hydroxylation is 1. The molecule has 54 heavy (non-hydrogen) atoms. The van der Waals surface area contributed by atoms with E-state index in [2.05, 4.69) is 151 Å². The molecule has 290 valence electrons. The molecule has 0 amide bonds. The summed E-state index contributed by atoms with van der Waals surface area (Å²) in [6.07, 6.45) is 13.1. The first-order chi connectivity index (χ1) is 24.5. The van der Waals surface area contributed by atoms with Crippen LogP contribution in [0.2, 0.25) is 0 Å². The molecule has 6 aromatic carbocycles. The van der Waals surface area contributed by atoms with E-state index in [0.29, 0.717) is 11.8 Å². The molecular formula is C50H64Cl2SiZr-4. The molecule has 2 radical (unpaired) electrons. The number of halogens is 2. The second-order valence-electron chi connectivity index (χ2n) is 14.6. The van der Waals surface area contributed by atoms with E-state index in [9.17, 15) is 0 Å². The van der Waals surface area contributed by atoms with Crippen molar-refractivity contribution in [3.05, 3.63) is 146 Å². The molecule has 0 spiro atoms. The van der Waals surface area contributed by atoms with Crippen LogP contribution in [-0.2, 0) is 29.8 Å². The van der Waals surface area contributed by atoms with Crippen LogP contribution >= 0.6 is 24.8 Å². The molecule has 0 aliphatic heterocycles. The second kappa shape index (κ2) is 25.1. The molecule has 1 aliphatic rings. The number of rotatable bonds is 10. The zero-order chi connectivity index (χ0) is 35.5. The third kappa shape index (κ3) is 12.4. The Bertz CT molecular complexity index is 1910. The van der Waals surface area contributed by atoms with E-state index < -0.39 is 0 Å². The third-order valence-corrected chi connectivity index (χ3v) is 11.1. The SMILES string of the molecule is CCCC(C)c1cc2c(-c3ccc(C4CCCCC4)cc3)cccc2[cH-]1.CCCC(C)c1ccc(-c2cccc3[cH-]c(CC)cc23)cc1.Cl.Cl.[CH3-].[CH3-].[Si]=[Zr]. The van der Waals surface area contributed by atoms with Crippen LogP contribution in [0.15, 0.2) is 109 Å². The van der Waals surface area contributed by atoms with Gasteiger partial charge >= 0.3 is 30.2 Å². The molecule has 4 heteroatoms. The van der Waals surface area contributed by atoms with Crippen LogP contribution in [0.3, 0.4) is 0 Å². The Balaban J connectivity index is 0.000000487. The van der Waals surface area contributed by atoms with Gasteiger partial charge in [0, 0.05) is 0 Å². The van der Waals surface area contributed by atoms with Gasteiger partial charge in [0.25, 0.3) is 0 Å². The van der Waals surface area contributed by atoms with Gasteiger partial charge in [-0.3, -0.25) is 0 Å². The average Bonchev–Trinajstić information content (AvgIpc) is 3.82. The second-order valence-corrected chi connectivity index (χ2v) is 14.6. The van der Waals surface area contributed by atoms with Gasteiger partial charge in [0.15, 0.2) is 0 Å². The van der Waals surface area contributed by atoms with Crippen molar-refractivity contribution in [2.24, 2.45) is 0 Å². The topological polar surface area (TPSA) is 0 Å². The fourth-order valence-electron chi connectivity index (χ4n) is 8.11. The summed E-state index contributed by atoms with van der Waals surface area (Å²) in [6.45, 7) is 14.5. The van der Waals surface area contributed by atoms with Crippen LogP contribution in [0, 0.1) is 14.9 Å². The molecule has 0 N–H and O–H groups in total. The number of benzene rings is 4. The van der Waals surface area contributed by atoms with Crippen molar-refractivity contribution in [2.75, 3.05) is 0 Å². The summed E-state index contributed by atoms with van der Waals surface area (Å²) in [5.41, 5.74) is 11.3. The normalized spacial score (nSPS) is 13.3. The monoisotopic (exact) mass is 852 g/mol. The van der Waals surface area contributed by atoms with Gasteiger partial charge in [-0.05, 0) is 72.1 Å².